The summed E-state index contributed by atoms with van der Waals surface area (Å²) in [6.07, 6.45) is 0. The SMILES string of the molecule is COc1c(F)cc(C(C)CO)cc1C#N. The molecule has 1 aromatic carbocycles. The number of nitriles is 1. The molecule has 1 aromatic rings. The van der Waals surface area contributed by atoms with Crippen LogP contribution in [0.4, 0.5) is 4.39 Å². The molecule has 0 radical (unpaired) electrons. The molecular formula is C11H12FNO2. The molecule has 0 fully saturated rings. The van der Waals surface area contributed by atoms with Gasteiger partial charge in [0.25, 0.3) is 0 Å². The minimum Gasteiger partial charge on any atom is -0.492 e. The molecular weight excluding hydrogens is 197 g/mol. The summed E-state index contributed by atoms with van der Waals surface area (Å²) in [6, 6.07) is 4.67. The second kappa shape index (κ2) is 4.76. The first-order valence-corrected chi connectivity index (χ1v) is 4.52. The van der Waals surface area contributed by atoms with Gasteiger partial charge in [0.15, 0.2) is 11.6 Å². The number of hydrogen-bond acceptors (Lipinski definition) is 3. The minimum absolute atomic E-state index is 0.0496. The van der Waals surface area contributed by atoms with Gasteiger partial charge in [0.2, 0.25) is 0 Å². The average molecular weight is 209 g/mol. The van der Waals surface area contributed by atoms with Crippen molar-refractivity contribution in [3.8, 4) is 11.8 Å². The molecule has 0 amide bonds. The number of nitrogens with zero attached hydrogens (tertiary/aromatic N) is 1. The van der Waals surface area contributed by atoms with E-state index in [1.807, 2.05) is 6.07 Å². The standard InChI is InChI=1S/C11H12FNO2/c1-7(6-14)8-3-9(5-13)11(15-2)10(12)4-8/h3-4,7,14H,6H2,1-2H3. The summed E-state index contributed by atoms with van der Waals surface area (Å²) in [4.78, 5) is 0. The van der Waals surface area contributed by atoms with Crippen molar-refractivity contribution in [2.45, 2.75) is 12.8 Å². The van der Waals surface area contributed by atoms with E-state index in [9.17, 15) is 4.39 Å². The molecule has 1 N–H and O–H groups in total. The Labute approximate surface area is 87.7 Å². The van der Waals surface area contributed by atoms with Gasteiger partial charge in [-0.15, -0.1) is 0 Å². The van der Waals surface area contributed by atoms with Crippen molar-refractivity contribution in [2.75, 3.05) is 13.7 Å². The fourth-order valence-corrected chi connectivity index (χ4v) is 1.29. The highest BCUT2D eigenvalue weighted by Gasteiger charge is 2.14. The fraction of sp³-hybridized carbons (Fsp3) is 0.364. The Hall–Kier alpha value is -1.60. The van der Waals surface area contributed by atoms with Gasteiger partial charge in [-0.2, -0.15) is 5.26 Å². The van der Waals surface area contributed by atoms with E-state index in [0.29, 0.717) is 5.56 Å². The first-order chi connectivity index (χ1) is 7.13. The molecule has 0 aliphatic carbocycles. The molecule has 1 unspecified atom stereocenters. The second-order valence-corrected chi connectivity index (χ2v) is 3.28. The molecule has 0 heterocycles. The van der Waals surface area contributed by atoms with Crippen LogP contribution in [0.5, 0.6) is 5.75 Å². The average Bonchev–Trinajstić information content (AvgIpc) is 2.26. The molecule has 0 bridgehead atoms. The van der Waals surface area contributed by atoms with E-state index in [0.717, 1.165) is 0 Å². The van der Waals surface area contributed by atoms with E-state index < -0.39 is 5.82 Å². The zero-order chi connectivity index (χ0) is 11.4. The molecule has 0 aliphatic heterocycles. The number of methoxy groups -OCH3 is 1. The van der Waals surface area contributed by atoms with Crippen molar-refractivity contribution >= 4 is 0 Å². The summed E-state index contributed by atoms with van der Waals surface area (Å²) in [5, 5.41) is 17.7. The predicted molar refractivity (Wildman–Crippen MR) is 53.2 cm³/mol. The van der Waals surface area contributed by atoms with E-state index >= 15 is 0 Å². The van der Waals surface area contributed by atoms with Crippen LogP contribution in [-0.2, 0) is 0 Å². The Bertz CT molecular complexity index is 398. The van der Waals surface area contributed by atoms with Gasteiger partial charge in [0.1, 0.15) is 6.07 Å². The van der Waals surface area contributed by atoms with Crippen LogP contribution in [0.3, 0.4) is 0 Å². The van der Waals surface area contributed by atoms with Crippen LogP contribution in [-0.4, -0.2) is 18.8 Å². The second-order valence-electron chi connectivity index (χ2n) is 3.28. The van der Waals surface area contributed by atoms with E-state index in [2.05, 4.69) is 0 Å². The fourth-order valence-electron chi connectivity index (χ4n) is 1.29. The van der Waals surface area contributed by atoms with E-state index in [-0.39, 0.29) is 23.8 Å². The summed E-state index contributed by atoms with van der Waals surface area (Å²) in [5.41, 5.74) is 0.736. The van der Waals surface area contributed by atoms with Crippen molar-refractivity contribution in [3.63, 3.8) is 0 Å². The maximum absolute atomic E-state index is 13.4. The molecule has 80 valence electrons. The molecule has 15 heavy (non-hydrogen) atoms. The predicted octanol–water partition coefficient (Wildman–Crippen LogP) is 1.80. The number of rotatable bonds is 3. The number of aliphatic hydroxyl groups excluding tert-OH is 1. The van der Waals surface area contributed by atoms with Crippen molar-refractivity contribution in [1.29, 1.82) is 5.26 Å². The van der Waals surface area contributed by atoms with Crippen molar-refractivity contribution in [2.24, 2.45) is 0 Å². The third kappa shape index (κ3) is 2.25. The van der Waals surface area contributed by atoms with Crippen LogP contribution in [0.1, 0.15) is 24.0 Å². The number of benzene rings is 1. The lowest BCUT2D eigenvalue weighted by Crippen LogP contribution is -2.02. The van der Waals surface area contributed by atoms with Gasteiger partial charge in [-0.1, -0.05) is 6.92 Å². The van der Waals surface area contributed by atoms with E-state index in [4.69, 9.17) is 15.1 Å². The molecule has 0 saturated heterocycles. The Morgan fingerprint density at radius 1 is 1.60 bits per heavy atom. The minimum atomic E-state index is -0.577. The van der Waals surface area contributed by atoms with Gasteiger partial charge < -0.3 is 9.84 Å². The molecule has 3 nitrogen and oxygen atoms in total. The molecule has 0 aromatic heterocycles. The normalized spacial score (nSPS) is 11.9. The van der Waals surface area contributed by atoms with Gasteiger partial charge in [-0.3, -0.25) is 0 Å². The largest absolute Gasteiger partial charge is 0.492 e. The Balaban J connectivity index is 3.27. The Morgan fingerprint density at radius 3 is 2.73 bits per heavy atom. The first-order valence-electron chi connectivity index (χ1n) is 4.52. The lowest BCUT2D eigenvalue weighted by molar-refractivity contribution is 0.272. The zero-order valence-corrected chi connectivity index (χ0v) is 8.62. The van der Waals surface area contributed by atoms with E-state index in [1.54, 1.807) is 6.92 Å². The van der Waals surface area contributed by atoms with Crippen LogP contribution in [0.25, 0.3) is 0 Å². The summed E-state index contributed by atoms with van der Waals surface area (Å²) in [5.74, 6) is -0.823. The number of hydrogen-bond donors (Lipinski definition) is 1. The van der Waals surface area contributed by atoms with E-state index in [1.165, 1.54) is 19.2 Å². The molecule has 0 aliphatic rings. The number of halogens is 1. The van der Waals surface area contributed by atoms with Gasteiger partial charge in [-0.25, -0.2) is 4.39 Å². The van der Waals surface area contributed by atoms with Crippen LogP contribution in [0.2, 0.25) is 0 Å². The van der Waals surface area contributed by atoms with Crippen LogP contribution in [0, 0.1) is 17.1 Å². The quantitative estimate of drug-likeness (QED) is 0.825. The summed E-state index contributed by atoms with van der Waals surface area (Å²) >= 11 is 0. The summed E-state index contributed by atoms with van der Waals surface area (Å²) < 4.78 is 18.2. The summed E-state index contributed by atoms with van der Waals surface area (Å²) in [7, 11) is 1.31. The third-order valence-electron chi connectivity index (χ3n) is 2.23. The Kier molecular flexibility index (Phi) is 3.64. The highest BCUT2D eigenvalue weighted by Crippen LogP contribution is 2.27. The molecule has 0 saturated carbocycles. The smallest absolute Gasteiger partial charge is 0.172 e. The van der Waals surface area contributed by atoms with Crippen LogP contribution >= 0.6 is 0 Å². The molecule has 4 heteroatoms. The van der Waals surface area contributed by atoms with Gasteiger partial charge in [-0.05, 0) is 17.7 Å². The number of ether oxygens (including phenoxy) is 1. The summed E-state index contributed by atoms with van der Waals surface area (Å²) in [6.45, 7) is 1.67. The first kappa shape index (κ1) is 11.5. The number of aliphatic hydroxyl groups is 1. The molecule has 0 spiro atoms. The maximum Gasteiger partial charge on any atom is 0.172 e. The van der Waals surface area contributed by atoms with Crippen molar-refractivity contribution < 1.29 is 14.2 Å². The highest BCUT2D eigenvalue weighted by atomic mass is 19.1. The van der Waals surface area contributed by atoms with Gasteiger partial charge >= 0.3 is 0 Å². The van der Waals surface area contributed by atoms with Gasteiger partial charge in [0.05, 0.1) is 12.7 Å². The monoisotopic (exact) mass is 209 g/mol. The topological polar surface area (TPSA) is 53.2 Å². The van der Waals surface area contributed by atoms with Crippen molar-refractivity contribution in [1.82, 2.24) is 0 Å². The highest BCUT2D eigenvalue weighted by molar-refractivity contribution is 5.47. The molecule has 1 rings (SSSR count). The van der Waals surface area contributed by atoms with Crippen LogP contribution in [0.15, 0.2) is 12.1 Å². The zero-order valence-electron chi connectivity index (χ0n) is 8.62. The van der Waals surface area contributed by atoms with Crippen molar-refractivity contribution in [3.05, 3.63) is 29.1 Å². The maximum atomic E-state index is 13.4. The van der Waals surface area contributed by atoms with Crippen LogP contribution < -0.4 is 4.74 Å². The third-order valence-corrected chi connectivity index (χ3v) is 2.23. The molecule has 1 atom stereocenters. The lowest BCUT2D eigenvalue weighted by atomic mass is 9.99. The lowest BCUT2D eigenvalue weighted by Gasteiger charge is -2.11. The van der Waals surface area contributed by atoms with Gasteiger partial charge in [0, 0.05) is 12.5 Å². The Morgan fingerprint density at radius 2 is 2.27 bits per heavy atom.